The summed E-state index contributed by atoms with van der Waals surface area (Å²) in [6.07, 6.45) is 7.59. The molecule has 4 heteroatoms. The summed E-state index contributed by atoms with van der Waals surface area (Å²) in [6, 6.07) is 0.792. The average Bonchev–Trinajstić information content (AvgIpc) is 2.34. The normalized spacial score (nSPS) is 47.0. The second-order valence-electron chi connectivity index (χ2n) is 6.69. The van der Waals surface area contributed by atoms with Crippen LogP contribution in [0, 0.1) is 23.7 Å². The highest BCUT2D eigenvalue weighted by Gasteiger charge is 2.48. The van der Waals surface area contributed by atoms with Crippen molar-refractivity contribution in [1.82, 2.24) is 10.4 Å². The molecular weight excluding hydrogens is 248 g/mol. The molecule has 0 atom stereocenters. The van der Waals surface area contributed by atoms with Gasteiger partial charge in [0.25, 0.3) is 0 Å². The van der Waals surface area contributed by atoms with Crippen molar-refractivity contribution < 1.29 is 4.74 Å². The monoisotopic (exact) mass is 272 g/mol. The van der Waals surface area contributed by atoms with Crippen molar-refractivity contribution in [2.45, 2.75) is 38.1 Å². The second-order valence-corrected chi connectivity index (χ2v) is 6.69. The lowest BCUT2D eigenvalue weighted by Gasteiger charge is -2.55. The van der Waals surface area contributed by atoms with E-state index in [4.69, 9.17) is 4.74 Å². The van der Waals surface area contributed by atoms with E-state index in [0.717, 1.165) is 56.0 Å². The topological polar surface area (TPSA) is 24.5 Å². The van der Waals surface area contributed by atoms with Crippen LogP contribution in [0.1, 0.15) is 32.1 Å². The number of hydrogen-bond acceptors (Lipinski definition) is 3. The number of rotatable bonds is 2. The Labute approximate surface area is 116 Å². The van der Waals surface area contributed by atoms with Crippen molar-refractivity contribution in [3.8, 4) is 0 Å². The summed E-state index contributed by atoms with van der Waals surface area (Å²) in [4.78, 5) is 0. The van der Waals surface area contributed by atoms with E-state index in [1.54, 1.807) is 6.42 Å². The largest absolute Gasteiger partial charge is 0.379 e. The number of morpholine rings is 1. The number of ether oxygens (including phenoxy) is 1. The molecule has 0 aromatic carbocycles. The summed E-state index contributed by atoms with van der Waals surface area (Å²) < 4.78 is 5.43. The molecule has 1 heterocycles. The molecule has 5 fully saturated rings. The zero-order chi connectivity index (χ0) is 11.2. The van der Waals surface area contributed by atoms with Gasteiger partial charge in [0.1, 0.15) is 0 Å². The quantitative estimate of drug-likeness (QED) is 0.833. The van der Waals surface area contributed by atoms with E-state index in [1.807, 2.05) is 0 Å². The predicted molar refractivity (Wildman–Crippen MR) is 73.6 cm³/mol. The number of hydrazine groups is 1. The Morgan fingerprint density at radius 3 is 1.94 bits per heavy atom. The van der Waals surface area contributed by atoms with Crippen molar-refractivity contribution in [2.75, 3.05) is 26.3 Å². The fourth-order valence-electron chi connectivity index (χ4n) is 5.04. The van der Waals surface area contributed by atoms with Gasteiger partial charge in [0.05, 0.1) is 13.2 Å². The van der Waals surface area contributed by atoms with E-state index in [-0.39, 0.29) is 12.4 Å². The second kappa shape index (κ2) is 5.28. The fourth-order valence-corrected chi connectivity index (χ4v) is 5.04. The highest BCUT2D eigenvalue weighted by Crippen LogP contribution is 2.53. The summed E-state index contributed by atoms with van der Waals surface area (Å²) in [5.41, 5.74) is 3.85. The maximum Gasteiger partial charge on any atom is 0.0608 e. The third-order valence-corrected chi connectivity index (χ3v) is 5.57. The number of halogens is 1. The summed E-state index contributed by atoms with van der Waals surface area (Å²) in [7, 11) is 0. The van der Waals surface area contributed by atoms with Crippen molar-refractivity contribution in [3.63, 3.8) is 0 Å². The minimum atomic E-state index is 0. The first-order valence-electron chi connectivity index (χ1n) is 7.47. The van der Waals surface area contributed by atoms with Crippen LogP contribution < -0.4 is 5.43 Å². The molecule has 1 saturated heterocycles. The number of nitrogens with zero attached hydrogens (tertiary/aromatic N) is 1. The zero-order valence-corrected chi connectivity index (χ0v) is 11.8. The van der Waals surface area contributed by atoms with Gasteiger partial charge in [-0.05, 0) is 55.8 Å². The summed E-state index contributed by atoms with van der Waals surface area (Å²) in [5.74, 6) is 4.13. The molecule has 4 aliphatic carbocycles. The summed E-state index contributed by atoms with van der Waals surface area (Å²) >= 11 is 0. The SMILES string of the molecule is C1CN(NC2C3CC4CC(C3)CC2C4)CCO1.Cl. The molecule has 0 radical (unpaired) electrons. The molecule has 5 aliphatic rings. The lowest BCUT2D eigenvalue weighted by atomic mass is 9.54. The van der Waals surface area contributed by atoms with Gasteiger partial charge in [-0.1, -0.05) is 0 Å². The van der Waals surface area contributed by atoms with E-state index in [0.29, 0.717) is 0 Å². The Morgan fingerprint density at radius 2 is 1.39 bits per heavy atom. The van der Waals surface area contributed by atoms with Crippen LogP contribution >= 0.6 is 12.4 Å². The third-order valence-electron chi connectivity index (χ3n) is 5.57. The van der Waals surface area contributed by atoms with Gasteiger partial charge in [0.15, 0.2) is 0 Å². The van der Waals surface area contributed by atoms with Crippen molar-refractivity contribution in [3.05, 3.63) is 0 Å². The molecule has 3 nitrogen and oxygen atoms in total. The number of nitrogens with one attached hydrogen (secondary N) is 1. The molecule has 0 unspecified atom stereocenters. The lowest BCUT2D eigenvalue weighted by Crippen LogP contribution is -2.60. The van der Waals surface area contributed by atoms with Gasteiger partial charge in [-0.3, -0.25) is 5.43 Å². The van der Waals surface area contributed by atoms with Gasteiger partial charge in [-0.2, -0.15) is 0 Å². The van der Waals surface area contributed by atoms with Crippen LogP contribution in [0.5, 0.6) is 0 Å². The average molecular weight is 273 g/mol. The van der Waals surface area contributed by atoms with Gasteiger partial charge < -0.3 is 4.74 Å². The van der Waals surface area contributed by atoms with Crippen molar-refractivity contribution in [2.24, 2.45) is 23.7 Å². The van der Waals surface area contributed by atoms with E-state index in [2.05, 4.69) is 10.4 Å². The molecule has 0 amide bonds. The zero-order valence-electron chi connectivity index (χ0n) is 11.0. The molecular formula is C14H25ClN2O. The van der Waals surface area contributed by atoms with Gasteiger partial charge in [0, 0.05) is 19.1 Å². The molecule has 5 rings (SSSR count). The minimum absolute atomic E-state index is 0. The molecule has 1 aliphatic heterocycles. The molecule has 104 valence electrons. The molecule has 1 N–H and O–H groups in total. The molecule has 0 aromatic rings. The Kier molecular flexibility index (Phi) is 3.86. The Bertz CT molecular complexity index is 266. The van der Waals surface area contributed by atoms with Crippen molar-refractivity contribution >= 4 is 12.4 Å². The summed E-state index contributed by atoms with van der Waals surface area (Å²) in [5, 5.41) is 2.43. The third kappa shape index (κ3) is 2.31. The van der Waals surface area contributed by atoms with E-state index >= 15 is 0 Å². The predicted octanol–water partition coefficient (Wildman–Crippen LogP) is 2.07. The van der Waals surface area contributed by atoms with Crippen LogP contribution in [0.2, 0.25) is 0 Å². The first-order valence-corrected chi connectivity index (χ1v) is 7.47. The Morgan fingerprint density at radius 1 is 0.833 bits per heavy atom. The molecule has 0 aromatic heterocycles. The minimum Gasteiger partial charge on any atom is -0.379 e. The lowest BCUT2D eigenvalue weighted by molar-refractivity contribution is -0.0648. The maximum absolute atomic E-state index is 5.43. The first-order chi connectivity index (χ1) is 8.38. The Hall–Kier alpha value is 0.170. The van der Waals surface area contributed by atoms with Gasteiger partial charge in [-0.15, -0.1) is 12.4 Å². The molecule has 0 spiro atoms. The smallest absolute Gasteiger partial charge is 0.0608 e. The van der Waals surface area contributed by atoms with Crippen LogP contribution in [0.25, 0.3) is 0 Å². The molecule has 4 bridgehead atoms. The van der Waals surface area contributed by atoms with Gasteiger partial charge in [0.2, 0.25) is 0 Å². The fraction of sp³-hybridized carbons (Fsp3) is 1.00. The van der Waals surface area contributed by atoms with Gasteiger partial charge >= 0.3 is 0 Å². The van der Waals surface area contributed by atoms with Crippen LogP contribution in [0.15, 0.2) is 0 Å². The van der Waals surface area contributed by atoms with Crippen molar-refractivity contribution in [1.29, 1.82) is 0 Å². The highest BCUT2D eigenvalue weighted by atomic mass is 35.5. The van der Waals surface area contributed by atoms with Crippen LogP contribution in [0.4, 0.5) is 0 Å². The van der Waals surface area contributed by atoms with Crippen LogP contribution in [0.3, 0.4) is 0 Å². The highest BCUT2D eigenvalue weighted by molar-refractivity contribution is 5.85. The van der Waals surface area contributed by atoms with E-state index in [1.165, 1.54) is 25.7 Å². The Balaban J connectivity index is 0.000001000. The molecule has 18 heavy (non-hydrogen) atoms. The first kappa shape index (κ1) is 13.2. The van der Waals surface area contributed by atoms with Crippen LogP contribution in [-0.2, 0) is 4.74 Å². The van der Waals surface area contributed by atoms with E-state index < -0.39 is 0 Å². The van der Waals surface area contributed by atoms with Crippen LogP contribution in [-0.4, -0.2) is 37.4 Å². The van der Waals surface area contributed by atoms with E-state index in [9.17, 15) is 0 Å². The molecule has 4 saturated carbocycles. The van der Waals surface area contributed by atoms with Gasteiger partial charge in [-0.25, -0.2) is 5.01 Å². The summed E-state index contributed by atoms with van der Waals surface area (Å²) in [6.45, 7) is 3.95. The maximum atomic E-state index is 5.43. The number of hydrogen-bond donors (Lipinski definition) is 1. The standard InChI is InChI=1S/C14H24N2O.ClH/c1-3-17-4-2-16(1)15-14-12-6-10-5-11(8-12)9-13(14)7-10;/h10-15H,1-9H2;1H.